The van der Waals surface area contributed by atoms with Gasteiger partial charge in [-0.3, -0.25) is 9.59 Å². The van der Waals surface area contributed by atoms with E-state index in [2.05, 4.69) is 30.9 Å². The number of fused-ring (bicyclic) bond motifs is 1. The Morgan fingerprint density at radius 1 is 1.29 bits per heavy atom. The number of hydrogen-bond donors (Lipinski definition) is 1. The number of likely N-dealkylation sites (tertiary alicyclic amines) is 1. The Labute approximate surface area is 164 Å². The molecule has 2 fully saturated rings. The minimum absolute atomic E-state index is 0.0192. The fraction of sp³-hybridized carbons (Fsp3) is 0.619. The van der Waals surface area contributed by atoms with E-state index in [-0.39, 0.29) is 17.4 Å². The van der Waals surface area contributed by atoms with Crippen molar-refractivity contribution in [2.45, 2.75) is 65.3 Å². The van der Waals surface area contributed by atoms with E-state index in [1.54, 1.807) is 4.90 Å². The summed E-state index contributed by atoms with van der Waals surface area (Å²) >= 11 is 0. The topological polar surface area (TPSA) is 96.5 Å². The number of nitrogens with zero attached hydrogens (tertiary/aromatic N) is 3. The summed E-state index contributed by atoms with van der Waals surface area (Å²) in [5, 5.41) is 14.3. The van der Waals surface area contributed by atoms with Crippen molar-refractivity contribution in [2.75, 3.05) is 6.54 Å². The molecule has 0 radical (unpaired) electrons. The molecule has 28 heavy (non-hydrogen) atoms. The third kappa shape index (κ3) is 3.38. The third-order valence-corrected chi connectivity index (χ3v) is 5.79. The number of carbonyl (C=O) groups excluding carboxylic acids is 1. The molecule has 1 saturated carbocycles. The van der Waals surface area contributed by atoms with Crippen molar-refractivity contribution < 1.29 is 19.2 Å². The molecule has 4 rings (SSSR count). The van der Waals surface area contributed by atoms with Gasteiger partial charge in [0.15, 0.2) is 0 Å². The summed E-state index contributed by atoms with van der Waals surface area (Å²) in [5.74, 6) is -1.15. The van der Waals surface area contributed by atoms with Crippen LogP contribution in [0.15, 0.2) is 10.6 Å². The third-order valence-electron chi connectivity index (χ3n) is 5.79. The average Bonchev–Trinajstić information content (AvgIpc) is 3.28. The van der Waals surface area contributed by atoms with Gasteiger partial charge in [0.2, 0.25) is 0 Å². The summed E-state index contributed by atoms with van der Waals surface area (Å²) in [7, 11) is 0. The summed E-state index contributed by atoms with van der Waals surface area (Å²) in [4.78, 5) is 31.3. The Hall–Kier alpha value is -2.44. The predicted molar refractivity (Wildman–Crippen MR) is 103 cm³/mol. The minimum Gasteiger partial charge on any atom is -0.481 e. The fourth-order valence-corrected chi connectivity index (χ4v) is 4.12. The van der Waals surface area contributed by atoms with Crippen LogP contribution in [0.5, 0.6) is 0 Å². The number of aromatic nitrogens is 2. The second-order valence-corrected chi connectivity index (χ2v) is 9.39. The first kappa shape index (κ1) is 18.9. The average molecular weight is 385 g/mol. The molecule has 7 heteroatoms. The number of aliphatic carboxylic acids is 1. The molecule has 7 nitrogen and oxygen atoms in total. The van der Waals surface area contributed by atoms with Gasteiger partial charge in [-0.05, 0) is 44.1 Å². The highest BCUT2D eigenvalue weighted by Gasteiger charge is 2.40. The van der Waals surface area contributed by atoms with Crippen molar-refractivity contribution in [2.24, 2.45) is 11.3 Å². The lowest BCUT2D eigenvalue weighted by atomic mass is 9.89. The standard InChI is InChI=1S/C21H27N3O4/c1-11-13(20(26)27)7-8-24(11)19(25)14-9-15(12-5-6-12)22-18-17(14)16(23-28-18)10-21(2,3)4/h9,11-13H,5-8,10H2,1-4H3,(H,26,27). The van der Waals surface area contributed by atoms with Crippen LogP contribution in [0.2, 0.25) is 0 Å². The van der Waals surface area contributed by atoms with Gasteiger partial charge in [0.05, 0.1) is 22.6 Å². The maximum absolute atomic E-state index is 13.5. The van der Waals surface area contributed by atoms with E-state index in [1.807, 2.05) is 13.0 Å². The van der Waals surface area contributed by atoms with Gasteiger partial charge >= 0.3 is 5.97 Å². The first-order chi connectivity index (χ1) is 13.2. The van der Waals surface area contributed by atoms with Crippen molar-refractivity contribution in [1.82, 2.24) is 15.0 Å². The summed E-state index contributed by atoms with van der Waals surface area (Å²) in [6.45, 7) is 8.59. The van der Waals surface area contributed by atoms with E-state index in [0.29, 0.717) is 42.0 Å². The van der Waals surface area contributed by atoms with E-state index in [4.69, 9.17) is 4.52 Å². The Morgan fingerprint density at radius 2 is 2.00 bits per heavy atom. The van der Waals surface area contributed by atoms with E-state index >= 15 is 0 Å². The monoisotopic (exact) mass is 385 g/mol. The molecule has 1 N–H and O–H groups in total. The van der Waals surface area contributed by atoms with Crippen LogP contribution in [-0.2, 0) is 11.2 Å². The molecular weight excluding hydrogens is 358 g/mol. The zero-order valence-electron chi connectivity index (χ0n) is 16.9. The van der Waals surface area contributed by atoms with Crippen LogP contribution in [0.3, 0.4) is 0 Å². The molecule has 1 amide bonds. The number of pyridine rings is 1. The lowest BCUT2D eigenvalue weighted by Gasteiger charge is -2.24. The number of rotatable bonds is 4. The maximum Gasteiger partial charge on any atom is 0.308 e. The number of carboxylic acids is 1. The van der Waals surface area contributed by atoms with Gasteiger partial charge < -0.3 is 14.5 Å². The Balaban J connectivity index is 1.78. The number of hydrogen-bond acceptors (Lipinski definition) is 5. The Bertz CT molecular complexity index is 939. The molecular formula is C21H27N3O4. The largest absolute Gasteiger partial charge is 0.481 e. The van der Waals surface area contributed by atoms with Crippen LogP contribution < -0.4 is 0 Å². The molecule has 2 aromatic heterocycles. The highest BCUT2D eigenvalue weighted by Crippen LogP contribution is 2.41. The quantitative estimate of drug-likeness (QED) is 0.863. The smallest absolute Gasteiger partial charge is 0.308 e. The number of amides is 1. The van der Waals surface area contributed by atoms with Gasteiger partial charge in [0, 0.05) is 24.2 Å². The van der Waals surface area contributed by atoms with Crippen molar-refractivity contribution in [3.05, 3.63) is 23.0 Å². The van der Waals surface area contributed by atoms with Crippen molar-refractivity contribution in [1.29, 1.82) is 0 Å². The molecule has 3 heterocycles. The van der Waals surface area contributed by atoms with Crippen LogP contribution in [0, 0.1) is 11.3 Å². The molecule has 1 aliphatic heterocycles. The van der Waals surface area contributed by atoms with Crippen molar-refractivity contribution >= 4 is 23.0 Å². The zero-order valence-corrected chi connectivity index (χ0v) is 16.9. The van der Waals surface area contributed by atoms with Gasteiger partial charge in [-0.15, -0.1) is 0 Å². The van der Waals surface area contributed by atoms with Crippen LogP contribution in [0.1, 0.15) is 74.6 Å². The van der Waals surface area contributed by atoms with E-state index < -0.39 is 11.9 Å². The predicted octanol–water partition coefficient (Wildman–Crippen LogP) is 3.62. The Kier molecular flexibility index (Phi) is 4.43. The Morgan fingerprint density at radius 3 is 2.57 bits per heavy atom. The number of carboxylic acid groups (broad SMARTS) is 1. The molecule has 2 aromatic rings. The SMILES string of the molecule is CC1C(C(=O)O)CCN1C(=O)c1cc(C2CC2)nc2onc(CC(C)(C)C)c12. The van der Waals surface area contributed by atoms with E-state index in [9.17, 15) is 14.7 Å². The zero-order chi connectivity index (χ0) is 20.2. The van der Waals surface area contributed by atoms with Crippen LogP contribution in [0.25, 0.3) is 11.1 Å². The number of carbonyl (C=O) groups is 2. The summed E-state index contributed by atoms with van der Waals surface area (Å²) in [5.41, 5.74) is 2.55. The molecule has 1 saturated heterocycles. The van der Waals surface area contributed by atoms with Gasteiger partial charge in [0.25, 0.3) is 11.6 Å². The summed E-state index contributed by atoms with van der Waals surface area (Å²) in [6, 6.07) is 1.54. The molecule has 0 bridgehead atoms. The van der Waals surface area contributed by atoms with Crippen molar-refractivity contribution in [3.63, 3.8) is 0 Å². The van der Waals surface area contributed by atoms with Gasteiger partial charge in [0.1, 0.15) is 0 Å². The second-order valence-electron chi connectivity index (χ2n) is 9.39. The lowest BCUT2D eigenvalue weighted by molar-refractivity contribution is -0.142. The van der Waals surface area contributed by atoms with E-state index in [0.717, 1.165) is 24.2 Å². The van der Waals surface area contributed by atoms with Crippen molar-refractivity contribution in [3.8, 4) is 0 Å². The summed E-state index contributed by atoms with van der Waals surface area (Å²) in [6.07, 6.45) is 3.27. The molecule has 0 spiro atoms. The van der Waals surface area contributed by atoms with Crippen LogP contribution >= 0.6 is 0 Å². The highest BCUT2D eigenvalue weighted by molar-refractivity contribution is 6.06. The minimum atomic E-state index is -0.847. The highest BCUT2D eigenvalue weighted by atomic mass is 16.5. The van der Waals surface area contributed by atoms with Gasteiger partial charge in [-0.2, -0.15) is 0 Å². The summed E-state index contributed by atoms with van der Waals surface area (Å²) < 4.78 is 5.53. The molecule has 2 unspecified atom stereocenters. The van der Waals surface area contributed by atoms with Crippen LogP contribution in [-0.4, -0.2) is 44.6 Å². The second kappa shape index (κ2) is 6.57. The van der Waals surface area contributed by atoms with Crippen LogP contribution in [0.4, 0.5) is 0 Å². The van der Waals surface area contributed by atoms with E-state index in [1.165, 1.54) is 0 Å². The molecule has 0 aromatic carbocycles. The lowest BCUT2D eigenvalue weighted by Crippen LogP contribution is -2.37. The van der Waals surface area contributed by atoms with Gasteiger partial charge in [-0.1, -0.05) is 25.9 Å². The molecule has 2 atom stereocenters. The maximum atomic E-state index is 13.5. The molecule has 1 aliphatic carbocycles. The van der Waals surface area contributed by atoms with Gasteiger partial charge in [-0.25, -0.2) is 4.98 Å². The fourth-order valence-electron chi connectivity index (χ4n) is 4.12. The first-order valence-corrected chi connectivity index (χ1v) is 9.98. The normalized spacial score (nSPS) is 22.8. The first-order valence-electron chi connectivity index (χ1n) is 9.98. The molecule has 150 valence electrons. The molecule has 2 aliphatic rings.